The molecular formula is C20H23N5O2. The van der Waals surface area contributed by atoms with E-state index in [9.17, 15) is 9.90 Å². The summed E-state index contributed by atoms with van der Waals surface area (Å²) in [7, 11) is 0. The van der Waals surface area contributed by atoms with Crippen LogP contribution in [0.15, 0.2) is 36.7 Å². The van der Waals surface area contributed by atoms with Gasteiger partial charge >= 0.3 is 0 Å². The Morgan fingerprint density at radius 3 is 2.81 bits per heavy atom. The number of aromatic nitrogens is 3. The predicted octanol–water partition coefficient (Wildman–Crippen LogP) is 2.86. The first kappa shape index (κ1) is 18.7. The highest BCUT2D eigenvalue weighted by Crippen LogP contribution is 2.34. The van der Waals surface area contributed by atoms with Crippen LogP contribution in [0, 0.1) is 0 Å². The molecule has 3 aromatic rings. The molecule has 140 valence electrons. The summed E-state index contributed by atoms with van der Waals surface area (Å²) in [5.74, 6) is -0.327. The molecule has 4 N–H and O–H groups in total. The second-order valence-corrected chi connectivity index (χ2v) is 6.41. The number of fused-ring (bicyclic) bond motifs is 1. The third-order valence-electron chi connectivity index (χ3n) is 4.46. The van der Waals surface area contributed by atoms with Gasteiger partial charge in [0.15, 0.2) is 5.69 Å². The number of carbonyl (C=O) groups is 1. The first-order valence-electron chi connectivity index (χ1n) is 9.00. The summed E-state index contributed by atoms with van der Waals surface area (Å²) >= 11 is 0. The van der Waals surface area contributed by atoms with Crippen LogP contribution in [-0.2, 0) is 0 Å². The first-order valence-corrected chi connectivity index (χ1v) is 9.00. The van der Waals surface area contributed by atoms with Crippen molar-refractivity contribution in [1.29, 1.82) is 0 Å². The van der Waals surface area contributed by atoms with Crippen LogP contribution >= 0.6 is 0 Å². The Morgan fingerprint density at radius 2 is 2.07 bits per heavy atom. The molecular weight excluding hydrogens is 342 g/mol. The van der Waals surface area contributed by atoms with E-state index in [1.165, 1.54) is 0 Å². The molecule has 0 fully saturated rings. The topological polar surface area (TPSA) is 114 Å². The minimum atomic E-state index is -0.660. The molecule has 0 bridgehead atoms. The van der Waals surface area contributed by atoms with E-state index < -0.39 is 6.10 Å². The number of carbonyl (C=O) groups excluding carboxylic acids is 1. The van der Waals surface area contributed by atoms with E-state index in [-0.39, 0.29) is 11.6 Å². The molecule has 0 aliphatic heterocycles. The zero-order valence-corrected chi connectivity index (χ0v) is 15.4. The van der Waals surface area contributed by atoms with Gasteiger partial charge in [-0.15, -0.1) is 10.2 Å². The molecule has 0 saturated carbocycles. The van der Waals surface area contributed by atoms with Gasteiger partial charge in [0, 0.05) is 35.5 Å². The van der Waals surface area contributed by atoms with E-state index in [0.29, 0.717) is 23.1 Å². The lowest BCUT2D eigenvalue weighted by atomic mass is 9.96. The molecule has 2 aromatic heterocycles. The molecule has 3 rings (SSSR count). The number of benzene rings is 1. The van der Waals surface area contributed by atoms with Gasteiger partial charge in [-0.1, -0.05) is 31.5 Å². The number of nitrogens with one attached hydrogen (secondary N) is 1. The Kier molecular flexibility index (Phi) is 5.61. The molecule has 7 heteroatoms. The van der Waals surface area contributed by atoms with Crippen LogP contribution in [0.4, 0.5) is 5.69 Å². The molecule has 2 heterocycles. The van der Waals surface area contributed by atoms with E-state index in [1.54, 1.807) is 25.4 Å². The summed E-state index contributed by atoms with van der Waals surface area (Å²) < 4.78 is 0. The van der Waals surface area contributed by atoms with Crippen molar-refractivity contribution in [2.24, 2.45) is 0 Å². The van der Waals surface area contributed by atoms with E-state index in [2.05, 4.69) is 27.4 Å². The van der Waals surface area contributed by atoms with Gasteiger partial charge in [-0.2, -0.15) is 0 Å². The summed E-state index contributed by atoms with van der Waals surface area (Å²) in [5.41, 5.74) is 9.47. The van der Waals surface area contributed by atoms with Crippen molar-refractivity contribution in [3.8, 4) is 11.1 Å². The maximum Gasteiger partial charge on any atom is 0.273 e. The second kappa shape index (κ2) is 8.09. The van der Waals surface area contributed by atoms with E-state index >= 15 is 0 Å². The number of hydrogen-bond donors (Lipinski definition) is 3. The zero-order valence-electron chi connectivity index (χ0n) is 15.4. The lowest BCUT2D eigenvalue weighted by Gasteiger charge is -2.14. The second-order valence-electron chi connectivity index (χ2n) is 6.41. The van der Waals surface area contributed by atoms with Crippen molar-refractivity contribution in [2.45, 2.75) is 32.8 Å². The minimum Gasteiger partial charge on any atom is -0.396 e. The highest BCUT2D eigenvalue weighted by molar-refractivity contribution is 6.07. The number of amides is 1. The van der Waals surface area contributed by atoms with Gasteiger partial charge in [0.2, 0.25) is 0 Å². The highest BCUT2D eigenvalue weighted by Gasteiger charge is 2.18. The lowest BCUT2D eigenvalue weighted by molar-refractivity contribution is 0.0948. The van der Waals surface area contributed by atoms with Crippen LogP contribution in [0.2, 0.25) is 0 Å². The third-order valence-corrected chi connectivity index (χ3v) is 4.46. The smallest absolute Gasteiger partial charge is 0.273 e. The average Bonchev–Trinajstić information content (AvgIpc) is 2.68. The Bertz CT molecular complexity index is 972. The molecule has 27 heavy (non-hydrogen) atoms. The fraction of sp³-hybridized carbons (Fsp3) is 0.300. The normalized spacial score (nSPS) is 12.1. The molecule has 1 unspecified atom stereocenters. The monoisotopic (exact) mass is 365 g/mol. The van der Waals surface area contributed by atoms with Crippen molar-refractivity contribution >= 4 is 22.5 Å². The minimum absolute atomic E-state index is 0.123. The number of nitrogens with two attached hydrogens (primary N) is 1. The summed E-state index contributed by atoms with van der Waals surface area (Å²) in [6, 6.07) is 7.29. The zero-order chi connectivity index (χ0) is 19.4. The molecule has 1 aromatic carbocycles. The molecule has 1 atom stereocenters. The van der Waals surface area contributed by atoms with Gasteiger partial charge in [-0.3, -0.25) is 9.78 Å². The number of hydrogen-bond acceptors (Lipinski definition) is 6. The summed E-state index contributed by atoms with van der Waals surface area (Å²) in [6.45, 7) is 4.32. The van der Waals surface area contributed by atoms with Crippen molar-refractivity contribution < 1.29 is 9.90 Å². The summed E-state index contributed by atoms with van der Waals surface area (Å²) in [6.07, 6.45) is 4.53. The van der Waals surface area contributed by atoms with E-state index in [0.717, 1.165) is 29.5 Å². The Labute approximate surface area is 157 Å². The molecule has 0 aliphatic rings. The highest BCUT2D eigenvalue weighted by atomic mass is 16.3. The fourth-order valence-corrected chi connectivity index (χ4v) is 2.99. The molecule has 0 aliphatic carbocycles. The predicted molar refractivity (Wildman–Crippen MR) is 105 cm³/mol. The molecule has 0 saturated heterocycles. The van der Waals surface area contributed by atoms with Gasteiger partial charge in [-0.05, 0) is 25.0 Å². The van der Waals surface area contributed by atoms with Gasteiger partial charge in [0.1, 0.15) is 5.52 Å². The van der Waals surface area contributed by atoms with Crippen molar-refractivity contribution in [1.82, 2.24) is 20.5 Å². The van der Waals surface area contributed by atoms with E-state index in [1.807, 2.05) is 18.2 Å². The van der Waals surface area contributed by atoms with Gasteiger partial charge in [-0.25, -0.2) is 0 Å². The Balaban J connectivity index is 2.09. The van der Waals surface area contributed by atoms with Crippen LogP contribution in [-0.4, -0.2) is 32.7 Å². The molecule has 0 radical (unpaired) electrons. The van der Waals surface area contributed by atoms with Crippen molar-refractivity contribution in [3.63, 3.8) is 0 Å². The average molecular weight is 365 g/mol. The van der Waals surface area contributed by atoms with Crippen LogP contribution in [0.25, 0.3) is 22.0 Å². The number of aliphatic hydroxyl groups is 1. The van der Waals surface area contributed by atoms with Crippen LogP contribution in [0.5, 0.6) is 0 Å². The molecule has 7 nitrogen and oxygen atoms in total. The largest absolute Gasteiger partial charge is 0.396 e. The van der Waals surface area contributed by atoms with Gasteiger partial charge in [0.05, 0.1) is 11.8 Å². The number of nitrogens with zero attached hydrogens (tertiary/aromatic N) is 3. The maximum atomic E-state index is 12.3. The molecule has 0 spiro atoms. The standard InChI is InChI=1S/C20H23N5O2/c1-3-4-9-23-20(27)19-17(21)15-7-5-6-14(18(15)24-25-19)16-11-22-10-8-13(16)12(2)26/h5-8,10-12,26H,3-4,9H2,1-2H3,(H2,21,24)(H,23,27). The third kappa shape index (κ3) is 3.73. The number of aliphatic hydroxyl groups excluding tert-OH is 1. The SMILES string of the molecule is CCCCNC(=O)c1nnc2c(-c3cnccc3C(C)O)cccc2c1N. The van der Waals surface area contributed by atoms with Crippen molar-refractivity contribution in [2.75, 3.05) is 12.3 Å². The fourth-order valence-electron chi connectivity index (χ4n) is 2.99. The quantitative estimate of drug-likeness (QED) is 0.579. The molecule has 1 amide bonds. The Hall–Kier alpha value is -3.06. The Morgan fingerprint density at radius 1 is 1.26 bits per heavy atom. The van der Waals surface area contributed by atoms with Crippen LogP contribution < -0.4 is 11.1 Å². The summed E-state index contributed by atoms with van der Waals surface area (Å²) in [5, 5.41) is 21.9. The lowest BCUT2D eigenvalue weighted by Crippen LogP contribution is -2.26. The maximum absolute atomic E-state index is 12.3. The number of rotatable bonds is 6. The van der Waals surface area contributed by atoms with Crippen molar-refractivity contribution in [3.05, 3.63) is 47.9 Å². The van der Waals surface area contributed by atoms with E-state index in [4.69, 9.17) is 5.73 Å². The summed E-state index contributed by atoms with van der Waals surface area (Å²) in [4.78, 5) is 16.5. The number of unbranched alkanes of at least 4 members (excludes halogenated alkanes) is 1. The van der Waals surface area contributed by atoms with Crippen LogP contribution in [0.1, 0.15) is 48.8 Å². The van der Waals surface area contributed by atoms with Gasteiger partial charge < -0.3 is 16.2 Å². The number of anilines is 1. The number of pyridine rings is 1. The first-order chi connectivity index (χ1) is 13.0. The van der Waals surface area contributed by atoms with Gasteiger partial charge in [0.25, 0.3) is 5.91 Å². The number of nitrogen functional groups attached to an aromatic ring is 1. The van der Waals surface area contributed by atoms with Crippen LogP contribution in [0.3, 0.4) is 0 Å².